The number of aliphatic hydroxyl groups excluding tert-OH is 1. The fraction of sp³-hybridized carbons (Fsp3) is 0.385. The van der Waals surface area contributed by atoms with Crippen molar-refractivity contribution in [2.24, 2.45) is 0 Å². The summed E-state index contributed by atoms with van der Waals surface area (Å²) in [6.45, 7) is -0.508. The van der Waals surface area contributed by atoms with Crippen molar-refractivity contribution in [2.45, 2.75) is 6.04 Å². The Labute approximate surface area is 112 Å². The van der Waals surface area contributed by atoms with E-state index in [9.17, 15) is 9.59 Å². The van der Waals surface area contributed by atoms with Crippen molar-refractivity contribution in [1.29, 1.82) is 0 Å². The van der Waals surface area contributed by atoms with Gasteiger partial charge in [-0.25, -0.2) is 4.79 Å². The molecule has 0 spiro atoms. The number of esters is 1. The average Bonchev–Trinajstić information content (AvgIpc) is 2.43. The number of methoxy groups -OCH3 is 1. The molecule has 0 aliphatic rings. The van der Waals surface area contributed by atoms with Crippen LogP contribution in [0, 0.1) is 0 Å². The number of nitrogens with one attached hydrogen (secondary N) is 1. The first-order valence-electron chi connectivity index (χ1n) is 5.76. The summed E-state index contributed by atoms with van der Waals surface area (Å²) in [5, 5.41) is 11.5. The van der Waals surface area contributed by atoms with E-state index in [0.29, 0.717) is 5.56 Å². The van der Waals surface area contributed by atoms with Gasteiger partial charge in [0.15, 0.2) is 6.04 Å². The maximum atomic E-state index is 12.0. The fourth-order valence-electron chi connectivity index (χ4n) is 1.49. The average molecular weight is 266 g/mol. The number of benzene rings is 1. The van der Waals surface area contributed by atoms with E-state index in [1.54, 1.807) is 18.2 Å². The van der Waals surface area contributed by atoms with Crippen molar-refractivity contribution in [1.82, 2.24) is 5.32 Å². The SMILES string of the molecule is COC(=O)[C@H](CO)NC(=O)c1cccc(N(C)C)c1. The van der Waals surface area contributed by atoms with Crippen LogP contribution >= 0.6 is 0 Å². The Morgan fingerprint density at radius 1 is 1.42 bits per heavy atom. The number of hydrogen-bond donors (Lipinski definition) is 2. The van der Waals surface area contributed by atoms with Crippen molar-refractivity contribution in [3.05, 3.63) is 29.8 Å². The summed E-state index contributed by atoms with van der Waals surface area (Å²) >= 11 is 0. The Kier molecular flexibility index (Phi) is 5.32. The van der Waals surface area contributed by atoms with Crippen LogP contribution in [0.2, 0.25) is 0 Å². The molecule has 1 atom stereocenters. The summed E-state index contributed by atoms with van der Waals surface area (Å²) in [4.78, 5) is 25.1. The second kappa shape index (κ2) is 6.75. The minimum absolute atomic E-state index is 0.411. The number of aliphatic hydroxyl groups is 1. The Morgan fingerprint density at radius 2 is 2.11 bits per heavy atom. The molecule has 1 rings (SSSR count). The highest BCUT2D eigenvalue weighted by Gasteiger charge is 2.21. The summed E-state index contributed by atoms with van der Waals surface area (Å²) in [6, 6.07) is 5.88. The number of carbonyl (C=O) groups is 2. The number of hydrogen-bond acceptors (Lipinski definition) is 5. The summed E-state index contributed by atoms with van der Waals surface area (Å²) in [7, 11) is 4.92. The molecule has 0 aliphatic heterocycles. The molecule has 6 nitrogen and oxygen atoms in total. The maximum absolute atomic E-state index is 12.0. The molecule has 6 heteroatoms. The van der Waals surface area contributed by atoms with E-state index >= 15 is 0 Å². The second-order valence-electron chi connectivity index (χ2n) is 4.18. The van der Waals surface area contributed by atoms with Crippen LogP contribution in [0.25, 0.3) is 0 Å². The van der Waals surface area contributed by atoms with Crippen molar-refractivity contribution in [3.63, 3.8) is 0 Å². The van der Waals surface area contributed by atoms with Gasteiger partial charge in [-0.15, -0.1) is 0 Å². The predicted molar refractivity (Wildman–Crippen MR) is 71.1 cm³/mol. The lowest BCUT2D eigenvalue weighted by Gasteiger charge is -2.16. The van der Waals surface area contributed by atoms with Gasteiger partial charge in [0.1, 0.15) is 0 Å². The molecule has 0 aliphatic carbocycles. The largest absolute Gasteiger partial charge is 0.467 e. The number of amides is 1. The smallest absolute Gasteiger partial charge is 0.330 e. The van der Waals surface area contributed by atoms with Crippen LogP contribution in [0.15, 0.2) is 24.3 Å². The Morgan fingerprint density at radius 3 is 2.63 bits per heavy atom. The summed E-state index contributed by atoms with van der Waals surface area (Å²) in [5.41, 5.74) is 1.28. The number of carbonyl (C=O) groups excluding carboxylic acids is 2. The van der Waals surface area contributed by atoms with Gasteiger partial charge in [-0.2, -0.15) is 0 Å². The standard InChI is InChI=1S/C13H18N2O4/c1-15(2)10-6-4-5-9(7-10)12(17)14-11(8-16)13(18)19-3/h4-7,11,16H,8H2,1-3H3,(H,14,17)/t11-/m0/s1. The lowest BCUT2D eigenvalue weighted by molar-refractivity contribution is -0.143. The Bertz CT molecular complexity index is 460. The van der Waals surface area contributed by atoms with Gasteiger partial charge in [-0.1, -0.05) is 6.07 Å². The number of rotatable bonds is 5. The third-order valence-corrected chi connectivity index (χ3v) is 2.60. The zero-order chi connectivity index (χ0) is 14.4. The van der Waals surface area contributed by atoms with E-state index in [1.807, 2.05) is 25.1 Å². The van der Waals surface area contributed by atoms with Crippen LogP contribution in [0.4, 0.5) is 5.69 Å². The van der Waals surface area contributed by atoms with Crippen LogP contribution in [0.1, 0.15) is 10.4 Å². The van der Waals surface area contributed by atoms with Gasteiger partial charge in [-0.05, 0) is 18.2 Å². The molecule has 2 N–H and O–H groups in total. The molecule has 0 aromatic heterocycles. The van der Waals surface area contributed by atoms with Crippen LogP contribution < -0.4 is 10.2 Å². The number of ether oxygens (including phenoxy) is 1. The second-order valence-corrected chi connectivity index (χ2v) is 4.18. The van der Waals surface area contributed by atoms with Gasteiger partial charge in [-0.3, -0.25) is 4.79 Å². The van der Waals surface area contributed by atoms with E-state index in [4.69, 9.17) is 5.11 Å². The monoisotopic (exact) mass is 266 g/mol. The molecule has 1 aromatic rings. The predicted octanol–water partition coefficient (Wildman–Crippen LogP) is 0.0163. The van der Waals surface area contributed by atoms with Crippen molar-refractivity contribution < 1.29 is 19.4 Å². The first-order chi connectivity index (χ1) is 8.99. The van der Waals surface area contributed by atoms with Crippen LogP contribution in [-0.4, -0.2) is 50.8 Å². The molecule has 0 radical (unpaired) electrons. The van der Waals surface area contributed by atoms with Gasteiger partial charge < -0.3 is 20.1 Å². The van der Waals surface area contributed by atoms with Crippen LogP contribution in [-0.2, 0) is 9.53 Å². The number of anilines is 1. The van der Waals surface area contributed by atoms with Gasteiger partial charge >= 0.3 is 5.97 Å². The minimum atomic E-state index is -1.06. The quantitative estimate of drug-likeness (QED) is 0.734. The lowest BCUT2D eigenvalue weighted by atomic mass is 10.1. The van der Waals surface area contributed by atoms with Crippen LogP contribution in [0.3, 0.4) is 0 Å². The molecule has 19 heavy (non-hydrogen) atoms. The summed E-state index contributed by atoms with van der Waals surface area (Å²) < 4.78 is 4.48. The molecule has 0 saturated heterocycles. The van der Waals surface area contributed by atoms with Crippen molar-refractivity contribution in [2.75, 3.05) is 32.7 Å². The molecular weight excluding hydrogens is 248 g/mol. The molecule has 0 saturated carbocycles. The summed E-state index contributed by atoms with van der Waals surface area (Å²) in [5.74, 6) is -1.12. The van der Waals surface area contributed by atoms with Crippen molar-refractivity contribution >= 4 is 17.6 Å². The van der Waals surface area contributed by atoms with E-state index in [1.165, 1.54) is 7.11 Å². The third-order valence-electron chi connectivity index (χ3n) is 2.60. The molecule has 0 heterocycles. The highest BCUT2D eigenvalue weighted by molar-refractivity contribution is 5.97. The van der Waals surface area contributed by atoms with E-state index in [0.717, 1.165) is 5.69 Å². The molecule has 0 bridgehead atoms. The first kappa shape index (κ1) is 15.0. The van der Waals surface area contributed by atoms with Gasteiger partial charge in [0.2, 0.25) is 0 Å². The molecule has 0 fully saturated rings. The molecular formula is C13H18N2O4. The van der Waals surface area contributed by atoms with Crippen LogP contribution in [0.5, 0.6) is 0 Å². The first-order valence-corrected chi connectivity index (χ1v) is 5.76. The normalized spacial score (nSPS) is 11.6. The Hall–Kier alpha value is -2.08. The van der Waals surface area contributed by atoms with E-state index in [2.05, 4.69) is 10.1 Å². The molecule has 104 valence electrons. The third kappa shape index (κ3) is 3.96. The van der Waals surface area contributed by atoms with Crippen molar-refractivity contribution in [3.8, 4) is 0 Å². The van der Waals surface area contributed by atoms with Gasteiger partial charge in [0, 0.05) is 25.3 Å². The minimum Gasteiger partial charge on any atom is -0.467 e. The van der Waals surface area contributed by atoms with E-state index < -0.39 is 24.5 Å². The topological polar surface area (TPSA) is 78.9 Å². The highest BCUT2D eigenvalue weighted by Crippen LogP contribution is 2.13. The molecule has 1 aromatic carbocycles. The molecule has 0 unspecified atom stereocenters. The number of nitrogens with zero attached hydrogens (tertiary/aromatic N) is 1. The Balaban J connectivity index is 2.82. The maximum Gasteiger partial charge on any atom is 0.330 e. The molecule has 1 amide bonds. The lowest BCUT2D eigenvalue weighted by Crippen LogP contribution is -2.44. The summed E-state index contributed by atoms with van der Waals surface area (Å²) in [6.07, 6.45) is 0. The highest BCUT2D eigenvalue weighted by atomic mass is 16.5. The zero-order valence-corrected chi connectivity index (χ0v) is 11.2. The van der Waals surface area contributed by atoms with Gasteiger partial charge in [0.05, 0.1) is 13.7 Å². The van der Waals surface area contributed by atoms with E-state index in [-0.39, 0.29) is 0 Å². The van der Waals surface area contributed by atoms with Gasteiger partial charge in [0.25, 0.3) is 5.91 Å². The zero-order valence-electron chi connectivity index (χ0n) is 11.2. The fourth-order valence-corrected chi connectivity index (χ4v) is 1.49.